The number of hydrogen-bond acceptors (Lipinski definition) is 5. The molecule has 2 unspecified atom stereocenters. The van der Waals surface area contributed by atoms with E-state index in [4.69, 9.17) is 0 Å². The molecule has 0 saturated carbocycles. The number of carbonyl (C=O) groups excluding carboxylic acids is 3. The number of aliphatic hydroxyl groups is 1. The molecule has 39 heavy (non-hydrogen) atoms. The lowest BCUT2D eigenvalue weighted by molar-refractivity contribution is -0.136. The number of nitrogens with zero attached hydrogens (tertiary/aromatic N) is 2. The second kappa shape index (κ2) is 11.5. The summed E-state index contributed by atoms with van der Waals surface area (Å²) in [5.74, 6) is -4.63. The molecule has 3 aromatic carbocycles. The van der Waals surface area contributed by atoms with E-state index in [2.05, 4.69) is 15.6 Å². The minimum absolute atomic E-state index is 0.302. The summed E-state index contributed by atoms with van der Waals surface area (Å²) in [5, 5.41) is 15.4. The van der Waals surface area contributed by atoms with Crippen molar-refractivity contribution in [2.75, 3.05) is 11.9 Å². The Hall–Kier alpha value is -4.44. The van der Waals surface area contributed by atoms with Crippen molar-refractivity contribution < 1.29 is 28.3 Å². The third-order valence-electron chi connectivity index (χ3n) is 6.37. The van der Waals surface area contributed by atoms with Crippen molar-refractivity contribution in [3.8, 4) is 0 Å². The Balaban J connectivity index is 1.61. The highest BCUT2D eigenvalue weighted by molar-refractivity contribution is 6.20. The highest BCUT2D eigenvalue weighted by Crippen LogP contribution is 2.27. The summed E-state index contributed by atoms with van der Waals surface area (Å²) in [6, 6.07) is 17.5. The van der Waals surface area contributed by atoms with Gasteiger partial charge in [-0.2, -0.15) is 0 Å². The average molecular weight is 535 g/mol. The second-order valence-electron chi connectivity index (χ2n) is 9.50. The Labute approximate surface area is 224 Å². The highest BCUT2D eigenvalue weighted by atomic mass is 19.1. The summed E-state index contributed by atoms with van der Waals surface area (Å²) < 4.78 is 27.2. The number of aliphatic imine (C=N–C) groups is 1. The van der Waals surface area contributed by atoms with Gasteiger partial charge in [-0.25, -0.2) is 13.8 Å². The van der Waals surface area contributed by atoms with Gasteiger partial charge < -0.3 is 20.6 Å². The number of carbonyl (C=O) groups is 3. The first kappa shape index (κ1) is 27.6. The van der Waals surface area contributed by atoms with Crippen LogP contribution >= 0.6 is 0 Å². The molecule has 3 N–H and O–H groups in total. The first-order valence-corrected chi connectivity index (χ1v) is 12.3. The van der Waals surface area contributed by atoms with Gasteiger partial charge in [0.25, 0.3) is 11.8 Å². The number of para-hydroxylation sites is 1. The van der Waals surface area contributed by atoms with Crippen LogP contribution in [0.3, 0.4) is 0 Å². The lowest BCUT2D eigenvalue weighted by Crippen LogP contribution is -2.55. The molecule has 0 fully saturated rings. The maximum atomic E-state index is 13.6. The molecule has 202 valence electrons. The number of nitrogens with one attached hydrogen (secondary N) is 2. The molecule has 3 amide bonds. The summed E-state index contributed by atoms with van der Waals surface area (Å²) in [6.45, 7) is 3.32. The lowest BCUT2D eigenvalue weighted by Gasteiger charge is -2.26. The number of fused-ring (bicyclic) bond motifs is 1. The number of hydrogen-bond donors (Lipinski definition) is 3. The van der Waals surface area contributed by atoms with Crippen LogP contribution in [0.2, 0.25) is 0 Å². The van der Waals surface area contributed by atoms with E-state index in [0.29, 0.717) is 23.0 Å². The van der Waals surface area contributed by atoms with Crippen LogP contribution in [-0.2, 0) is 14.4 Å². The minimum atomic E-state index is -1.92. The van der Waals surface area contributed by atoms with Gasteiger partial charge in [0.05, 0.1) is 11.4 Å². The summed E-state index contributed by atoms with van der Waals surface area (Å²) in [4.78, 5) is 45.6. The van der Waals surface area contributed by atoms with Gasteiger partial charge in [-0.3, -0.25) is 14.4 Å². The monoisotopic (exact) mass is 534 g/mol. The molecule has 8 nitrogen and oxygen atoms in total. The fourth-order valence-corrected chi connectivity index (χ4v) is 4.32. The van der Waals surface area contributed by atoms with E-state index in [1.54, 1.807) is 33.0 Å². The van der Waals surface area contributed by atoms with Gasteiger partial charge in [0.2, 0.25) is 12.1 Å². The Bertz CT molecular complexity index is 1410. The minimum Gasteiger partial charge on any atom is -0.378 e. The topological polar surface area (TPSA) is 111 Å². The van der Waals surface area contributed by atoms with Gasteiger partial charge >= 0.3 is 0 Å². The van der Waals surface area contributed by atoms with Gasteiger partial charge in [0, 0.05) is 24.2 Å². The van der Waals surface area contributed by atoms with E-state index >= 15 is 0 Å². The van der Waals surface area contributed by atoms with E-state index in [1.807, 2.05) is 42.5 Å². The predicted octanol–water partition coefficient (Wildman–Crippen LogP) is 3.10. The predicted molar refractivity (Wildman–Crippen MR) is 142 cm³/mol. The van der Waals surface area contributed by atoms with Crippen LogP contribution in [-0.4, -0.2) is 47.8 Å². The molecule has 10 heteroatoms. The molecule has 0 bridgehead atoms. The van der Waals surface area contributed by atoms with Crippen LogP contribution in [0.15, 0.2) is 77.8 Å². The number of benzodiazepines with no additional fused rings is 1. The first-order chi connectivity index (χ1) is 18.6. The van der Waals surface area contributed by atoms with Crippen LogP contribution in [0.25, 0.3) is 0 Å². The number of amides is 3. The van der Waals surface area contributed by atoms with Crippen molar-refractivity contribution >= 4 is 29.1 Å². The van der Waals surface area contributed by atoms with Gasteiger partial charge in [-0.05, 0) is 29.7 Å². The molecule has 1 heterocycles. The molecule has 3 atom stereocenters. The molecular formula is C29H28F2N4O4. The van der Waals surface area contributed by atoms with Crippen molar-refractivity contribution in [1.82, 2.24) is 10.6 Å². The van der Waals surface area contributed by atoms with Crippen LogP contribution in [0.1, 0.15) is 36.6 Å². The van der Waals surface area contributed by atoms with Crippen molar-refractivity contribution in [2.45, 2.75) is 32.2 Å². The Kier molecular flexibility index (Phi) is 8.15. The Morgan fingerprint density at radius 2 is 1.56 bits per heavy atom. The molecule has 1 aliphatic heterocycles. The zero-order chi connectivity index (χ0) is 28.3. The normalized spacial score (nSPS) is 16.6. The molecule has 0 spiro atoms. The van der Waals surface area contributed by atoms with Gasteiger partial charge in [0.1, 0.15) is 17.7 Å². The molecule has 0 radical (unpaired) electrons. The van der Waals surface area contributed by atoms with Gasteiger partial charge in [-0.1, -0.05) is 62.4 Å². The standard InChI is InChI=1S/C29H28F2N4O4/c1-16(2)23(33-28(38)25(36)18-13-19(30)15-20(31)14-18)27(37)34-26-29(39)35(3)22-12-8-7-11-21(22)24(32-26)17-9-5-4-6-10-17/h4-16,23,25-26,36H,1-3H3,(H,33,38)(H,34,37)/t23-,25?,26?/m0/s1. The number of halogens is 2. The average Bonchev–Trinajstić information content (AvgIpc) is 3.01. The second-order valence-corrected chi connectivity index (χ2v) is 9.50. The number of rotatable bonds is 7. The van der Waals surface area contributed by atoms with Crippen LogP contribution in [0.4, 0.5) is 14.5 Å². The number of anilines is 1. The van der Waals surface area contributed by atoms with Crippen molar-refractivity contribution in [3.63, 3.8) is 0 Å². The van der Waals surface area contributed by atoms with Crippen LogP contribution in [0.5, 0.6) is 0 Å². The summed E-state index contributed by atoms with van der Waals surface area (Å²) >= 11 is 0. The molecular weight excluding hydrogens is 506 g/mol. The van der Waals surface area contributed by atoms with Crippen molar-refractivity contribution in [3.05, 3.63) is 101 Å². The van der Waals surface area contributed by atoms with E-state index in [-0.39, 0.29) is 5.56 Å². The van der Waals surface area contributed by atoms with Gasteiger partial charge in [0.15, 0.2) is 6.10 Å². The largest absolute Gasteiger partial charge is 0.378 e. The molecule has 0 saturated heterocycles. The molecule has 1 aliphatic rings. The lowest BCUT2D eigenvalue weighted by atomic mass is 10.0. The number of aliphatic hydroxyl groups excluding tert-OH is 1. The zero-order valence-electron chi connectivity index (χ0n) is 21.6. The highest BCUT2D eigenvalue weighted by Gasteiger charge is 2.34. The smallest absolute Gasteiger partial charge is 0.272 e. The molecule has 0 aromatic heterocycles. The van der Waals surface area contributed by atoms with E-state index in [1.165, 1.54) is 4.90 Å². The summed E-state index contributed by atoms with van der Waals surface area (Å²) in [5.41, 5.74) is 2.26. The number of likely N-dealkylation sites (N-methyl/N-ethyl adjacent to an activating group) is 1. The van der Waals surface area contributed by atoms with Crippen molar-refractivity contribution in [2.24, 2.45) is 10.9 Å². The number of benzene rings is 3. The van der Waals surface area contributed by atoms with Gasteiger partial charge in [-0.15, -0.1) is 0 Å². The van der Waals surface area contributed by atoms with Crippen molar-refractivity contribution in [1.29, 1.82) is 0 Å². The maximum Gasteiger partial charge on any atom is 0.272 e. The fraction of sp³-hybridized carbons (Fsp3) is 0.241. The molecule has 3 aromatic rings. The van der Waals surface area contributed by atoms with Crippen LogP contribution in [0, 0.1) is 17.6 Å². The third kappa shape index (κ3) is 6.01. The first-order valence-electron chi connectivity index (χ1n) is 12.3. The van der Waals surface area contributed by atoms with E-state index in [0.717, 1.165) is 17.7 Å². The van der Waals surface area contributed by atoms with E-state index in [9.17, 15) is 28.3 Å². The van der Waals surface area contributed by atoms with E-state index < -0.39 is 53.6 Å². The Morgan fingerprint density at radius 1 is 0.949 bits per heavy atom. The summed E-state index contributed by atoms with van der Waals surface area (Å²) in [7, 11) is 1.58. The SMILES string of the molecule is CC(C)[C@H](NC(=O)C(O)c1cc(F)cc(F)c1)C(=O)NC1N=C(c2ccccc2)c2ccccc2N(C)C1=O. The zero-order valence-corrected chi connectivity index (χ0v) is 21.6. The summed E-state index contributed by atoms with van der Waals surface area (Å²) in [6.07, 6.45) is -3.24. The third-order valence-corrected chi connectivity index (χ3v) is 6.37. The van der Waals surface area contributed by atoms with Crippen LogP contribution < -0.4 is 15.5 Å². The maximum absolute atomic E-state index is 13.6. The Morgan fingerprint density at radius 3 is 2.21 bits per heavy atom. The molecule has 4 rings (SSSR count). The molecule has 0 aliphatic carbocycles. The fourth-order valence-electron chi connectivity index (χ4n) is 4.32. The quantitative estimate of drug-likeness (QED) is 0.433.